The second kappa shape index (κ2) is 5.34. The van der Waals surface area contributed by atoms with Gasteiger partial charge in [-0.25, -0.2) is 4.39 Å². The van der Waals surface area contributed by atoms with Crippen molar-refractivity contribution in [1.82, 2.24) is 0 Å². The Kier molecular flexibility index (Phi) is 3.61. The summed E-state index contributed by atoms with van der Waals surface area (Å²) in [4.78, 5) is 10.0. The first kappa shape index (κ1) is 12.8. The second-order valence-corrected chi connectivity index (χ2v) is 3.90. The molecule has 0 saturated heterocycles. The van der Waals surface area contributed by atoms with Gasteiger partial charge < -0.3 is 10.4 Å². The number of non-ortho nitro benzene ring substituents is 1. The van der Waals surface area contributed by atoms with E-state index in [0.29, 0.717) is 5.56 Å². The normalized spacial score (nSPS) is 10.2. The Balaban J connectivity index is 2.17. The van der Waals surface area contributed by atoms with Crippen LogP contribution in [0, 0.1) is 15.9 Å². The third-order valence-electron chi connectivity index (χ3n) is 2.62. The van der Waals surface area contributed by atoms with Crippen molar-refractivity contribution < 1.29 is 14.4 Å². The van der Waals surface area contributed by atoms with E-state index in [1.807, 2.05) is 0 Å². The molecule has 0 unspecified atom stereocenters. The molecule has 0 aliphatic rings. The summed E-state index contributed by atoms with van der Waals surface area (Å²) in [5.41, 5.74) is 0.409. The smallest absolute Gasteiger partial charge is 0.271 e. The maximum atomic E-state index is 13.5. The average molecular weight is 262 g/mol. The standard InChI is InChI=1S/C13H11FN2O3/c14-11-6-5-10(16(18)19)7-12(11)15-8-9-3-1-2-4-13(9)17/h1-7,15,17H,8H2. The molecule has 0 aliphatic heterocycles. The van der Waals surface area contributed by atoms with Crippen LogP contribution in [0.3, 0.4) is 0 Å². The van der Waals surface area contributed by atoms with Crippen LogP contribution in [0.5, 0.6) is 5.75 Å². The van der Waals surface area contributed by atoms with Gasteiger partial charge in [-0.05, 0) is 12.1 Å². The van der Waals surface area contributed by atoms with Crippen LogP contribution in [0.25, 0.3) is 0 Å². The molecule has 0 atom stereocenters. The van der Waals surface area contributed by atoms with Crippen LogP contribution in [0.2, 0.25) is 0 Å². The van der Waals surface area contributed by atoms with Gasteiger partial charge in [0.1, 0.15) is 11.6 Å². The largest absolute Gasteiger partial charge is 0.508 e. The van der Waals surface area contributed by atoms with E-state index in [4.69, 9.17) is 0 Å². The first-order valence-corrected chi connectivity index (χ1v) is 5.52. The predicted molar refractivity (Wildman–Crippen MR) is 68.5 cm³/mol. The van der Waals surface area contributed by atoms with Gasteiger partial charge >= 0.3 is 0 Å². The van der Waals surface area contributed by atoms with E-state index in [-0.39, 0.29) is 23.7 Å². The summed E-state index contributed by atoms with van der Waals surface area (Å²) in [6, 6.07) is 9.85. The number of halogens is 1. The molecule has 0 heterocycles. The number of nitrogens with zero attached hydrogens (tertiary/aromatic N) is 1. The van der Waals surface area contributed by atoms with Crippen molar-refractivity contribution in [1.29, 1.82) is 0 Å². The van der Waals surface area contributed by atoms with Crippen molar-refractivity contribution in [3.05, 3.63) is 64.0 Å². The van der Waals surface area contributed by atoms with E-state index in [2.05, 4.69) is 5.32 Å². The van der Waals surface area contributed by atoms with E-state index >= 15 is 0 Å². The minimum Gasteiger partial charge on any atom is -0.508 e. The molecular weight excluding hydrogens is 251 g/mol. The quantitative estimate of drug-likeness (QED) is 0.656. The topological polar surface area (TPSA) is 75.4 Å². The number of para-hydroxylation sites is 1. The summed E-state index contributed by atoms with van der Waals surface area (Å²) >= 11 is 0. The minimum atomic E-state index is -0.593. The number of benzene rings is 2. The van der Waals surface area contributed by atoms with Crippen LogP contribution in [0.4, 0.5) is 15.8 Å². The van der Waals surface area contributed by atoms with Gasteiger partial charge in [-0.15, -0.1) is 0 Å². The predicted octanol–water partition coefficient (Wildman–Crippen LogP) is 3.05. The fourth-order valence-corrected chi connectivity index (χ4v) is 1.61. The van der Waals surface area contributed by atoms with Crippen molar-refractivity contribution in [2.24, 2.45) is 0 Å². The molecule has 0 aromatic heterocycles. The summed E-state index contributed by atoms with van der Waals surface area (Å²) < 4.78 is 13.5. The van der Waals surface area contributed by atoms with Crippen LogP contribution >= 0.6 is 0 Å². The number of anilines is 1. The highest BCUT2D eigenvalue weighted by atomic mass is 19.1. The number of aromatic hydroxyl groups is 1. The van der Waals surface area contributed by atoms with Crippen LogP contribution in [0.15, 0.2) is 42.5 Å². The van der Waals surface area contributed by atoms with Crippen molar-refractivity contribution in [2.75, 3.05) is 5.32 Å². The molecule has 0 aliphatic carbocycles. The number of hydrogen-bond acceptors (Lipinski definition) is 4. The molecule has 0 radical (unpaired) electrons. The molecule has 6 heteroatoms. The molecular formula is C13H11FN2O3. The Morgan fingerprint density at radius 3 is 2.68 bits per heavy atom. The molecule has 2 aromatic rings. The molecule has 98 valence electrons. The molecule has 2 rings (SSSR count). The number of nitro benzene ring substituents is 1. The van der Waals surface area contributed by atoms with Gasteiger partial charge in [0.25, 0.3) is 5.69 Å². The summed E-state index contributed by atoms with van der Waals surface area (Å²) in [5.74, 6) is -0.498. The summed E-state index contributed by atoms with van der Waals surface area (Å²) in [7, 11) is 0. The molecule has 2 aromatic carbocycles. The first-order chi connectivity index (χ1) is 9.08. The zero-order chi connectivity index (χ0) is 13.8. The van der Waals surface area contributed by atoms with Gasteiger partial charge in [0, 0.05) is 24.2 Å². The monoisotopic (exact) mass is 262 g/mol. The number of hydrogen-bond donors (Lipinski definition) is 2. The molecule has 0 bridgehead atoms. The lowest BCUT2D eigenvalue weighted by atomic mass is 10.2. The van der Waals surface area contributed by atoms with E-state index in [1.165, 1.54) is 6.07 Å². The maximum Gasteiger partial charge on any atom is 0.271 e. The van der Waals surface area contributed by atoms with E-state index < -0.39 is 10.7 Å². The number of phenolic OH excluding ortho intramolecular Hbond substituents is 1. The molecule has 19 heavy (non-hydrogen) atoms. The minimum absolute atomic E-state index is 0.0254. The van der Waals surface area contributed by atoms with Crippen molar-refractivity contribution in [2.45, 2.75) is 6.54 Å². The number of nitro groups is 1. The number of nitrogens with one attached hydrogen (secondary N) is 1. The highest BCUT2D eigenvalue weighted by Gasteiger charge is 2.10. The molecule has 0 fully saturated rings. The van der Waals surface area contributed by atoms with Crippen molar-refractivity contribution >= 4 is 11.4 Å². The zero-order valence-corrected chi connectivity index (χ0v) is 9.84. The van der Waals surface area contributed by atoms with Crippen molar-refractivity contribution in [3.8, 4) is 5.75 Å². The molecule has 0 saturated carbocycles. The Hall–Kier alpha value is -2.63. The third kappa shape index (κ3) is 2.98. The first-order valence-electron chi connectivity index (χ1n) is 5.52. The van der Waals surface area contributed by atoms with Gasteiger partial charge in [0.2, 0.25) is 0 Å². The summed E-state index contributed by atoms with van der Waals surface area (Å²) in [6.45, 7) is 0.171. The molecule has 0 amide bonds. The highest BCUT2D eigenvalue weighted by molar-refractivity contribution is 5.53. The Morgan fingerprint density at radius 2 is 2.00 bits per heavy atom. The van der Waals surface area contributed by atoms with Gasteiger partial charge in [0.05, 0.1) is 10.6 Å². The number of phenols is 1. The molecule has 2 N–H and O–H groups in total. The van der Waals surface area contributed by atoms with E-state index in [1.54, 1.807) is 18.2 Å². The summed E-state index contributed by atoms with van der Waals surface area (Å²) in [5, 5.41) is 22.9. The fourth-order valence-electron chi connectivity index (χ4n) is 1.61. The van der Waals surface area contributed by atoms with Crippen LogP contribution in [-0.2, 0) is 6.54 Å². The molecule has 5 nitrogen and oxygen atoms in total. The Bertz CT molecular complexity index is 617. The van der Waals surface area contributed by atoms with Crippen LogP contribution < -0.4 is 5.32 Å². The second-order valence-electron chi connectivity index (χ2n) is 3.90. The van der Waals surface area contributed by atoms with Gasteiger partial charge in [-0.3, -0.25) is 10.1 Å². The van der Waals surface area contributed by atoms with Gasteiger partial charge in [-0.1, -0.05) is 18.2 Å². The number of rotatable bonds is 4. The summed E-state index contributed by atoms with van der Waals surface area (Å²) in [6.07, 6.45) is 0. The van der Waals surface area contributed by atoms with E-state index in [9.17, 15) is 19.6 Å². The maximum absolute atomic E-state index is 13.5. The van der Waals surface area contributed by atoms with Crippen molar-refractivity contribution in [3.63, 3.8) is 0 Å². The van der Waals surface area contributed by atoms with Crippen LogP contribution in [-0.4, -0.2) is 10.0 Å². The SMILES string of the molecule is O=[N+]([O-])c1ccc(F)c(NCc2ccccc2O)c1. The van der Waals surface area contributed by atoms with Gasteiger partial charge in [-0.2, -0.15) is 0 Å². The van der Waals surface area contributed by atoms with E-state index in [0.717, 1.165) is 18.2 Å². The van der Waals surface area contributed by atoms with Crippen LogP contribution in [0.1, 0.15) is 5.56 Å². The third-order valence-corrected chi connectivity index (χ3v) is 2.62. The Morgan fingerprint density at radius 1 is 1.26 bits per heavy atom. The fraction of sp³-hybridized carbons (Fsp3) is 0.0769. The lowest BCUT2D eigenvalue weighted by Crippen LogP contribution is -2.02. The van der Waals surface area contributed by atoms with Gasteiger partial charge in [0.15, 0.2) is 0 Å². The highest BCUT2D eigenvalue weighted by Crippen LogP contribution is 2.23. The zero-order valence-electron chi connectivity index (χ0n) is 9.84. The Labute approximate surface area is 108 Å². The lowest BCUT2D eigenvalue weighted by molar-refractivity contribution is -0.384. The lowest BCUT2D eigenvalue weighted by Gasteiger charge is -2.08. The average Bonchev–Trinajstić information content (AvgIpc) is 2.39. The molecule has 0 spiro atoms.